The van der Waals surface area contributed by atoms with E-state index in [9.17, 15) is 4.79 Å². The summed E-state index contributed by atoms with van der Waals surface area (Å²) in [5.74, 6) is -0.0117. The Kier molecular flexibility index (Phi) is 4.49. The molecule has 1 aromatic carbocycles. The summed E-state index contributed by atoms with van der Waals surface area (Å²) in [7, 11) is 0. The number of ether oxygens (including phenoxy) is 1. The van der Waals surface area contributed by atoms with E-state index < -0.39 is 0 Å². The monoisotopic (exact) mass is 277 g/mol. The lowest BCUT2D eigenvalue weighted by Gasteiger charge is -2.38. The van der Waals surface area contributed by atoms with E-state index in [1.54, 1.807) is 0 Å². The number of nitrogens with two attached hydrogens (primary N) is 1. The van der Waals surface area contributed by atoms with Crippen LogP contribution < -0.4 is 16.0 Å². The first kappa shape index (κ1) is 14.7. The highest BCUT2D eigenvalue weighted by Gasteiger charge is 2.31. The second-order valence-corrected chi connectivity index (χ2v) is 5.46. The third-order valence-electron chi connectivity index (χ3n) is 3.42. The fraction of sp³-hybridized carbons (Fsp3) is 0.533. The summed E-state index contributed by atoms with van der Waals surface area (Å²) < 4.78 is 5.47. The summed E-state index contributed by atoms with van der Waals surface area (Å²) in [5, 5.41) is 2.95. The summed E-state index contributed by atoms with van der Waals surface area (Å²) in [6.07, 6.45) is 0. The van der Waals surface area contributed by atoms with Crippen molar-refractivity contribution in [3.05, 3.63) is 23.8 Å². The van der Waals surface area contributed by atoms with E-state index >= 15 is 0 Å². The van der Waals surface area contributed by atoms with Gasteiger partial charge in [-0.05, 0) is 32.4 Å². The molecule has 0 spiro atoms. The predicted molar refractivity (Wildman–Crippen MR) is 80.8 cm³/mol. The molecule has 3 N–H and O–H groups in total. The molecule has 0 radical (unpaired) electrons. The zero-order valence-electron chi connectivity index (χ0n) is 12.3. The number of morpholine rings is 1. The van der Waals surface area contributed by atoms with E-state index in [0.717, 1.165) is 11.3 Å². The summed E-state index contributed by atoms with van der Waals surface area (Å²) in [5.41, 5.74) is 8.83. The molecule has 110 valence electrons. The number of rotatable bonds is 3. The fourth-order valence-electron chi connectivity index (χ4n) is 2.54. The Labute approximate surface area is 120 Å². The van der Waals surface area contributed by atoms with Gasteiger partial charge in [0.2, 0.25) is 5.91 Å². The minimum Gasteiger partial charge on any atom is -0.397 e. The molecule has 0 bridgehead atoms. The largest absolute Gasteiger partial charge is 0.397 e. The average Bonchev–Trinajstić information content (AvgIpc) is 2.38. The lowest BCUT2D eigenvalue weighted by atomic mass is 10.1. The van der Waals surface area contributed by atoms with Crippen molar-refractivity contribution in [3.8, 4) is 0 Å². The number of carbonyl (C=O) groups excluding carboxylic acids is 1. The molecule has 2 rings (SSSR count). The van der Waals surface area contributed by atoms with Crippen molar-refractivity contribution in [2.45, 2.75) is 32.9 Å². The molecule has 1 fully saturated rings. The number of aryl methyl sites for hydroxylation is 1. The van der Waals surface area contributed by atoms with Gasteiger partial charge in [0.1, 0.15) is 6.04 Å². The van der Waals surface area contributed by atoms with Gasteiger partial charge >= 0.3 is 0 Å². The SMILES string of the molecule is Cc1cccc(N)c1N1CCOCC1C(=O)NC(C)C. The van der Waals surface area contributed by atoms with Gasteiger partial charge in [0.05, 0.1) is 24.6 Å². The van der Waals surface area contributed by atoms with Gasteiger partial charge in [-0.3, -0.25) is 4.79 Å². The topological polar surface area (TPSA) is 67.6 Å². The van der Waals surface area contributed by atoms with E-state index in [4.69, 9.17) is 10.5 Å². The number of anilines is 2. The average molecular weight is 277 g/mol. The smallest absolute Gasteiger partial charge is 0.245 e. The van der Waals surface area contributed by atoms with Crippen LogP contribution >= 0.6 is 0 Å². The Hall–Kier alpha value is -1.75. The van der Waals surface area contributed by atoms with Crippen LogP contribution in [0.15, 0.2) is 18.2 Å². The summed E-state index contributed by atoms with van der Waals surface area (Å²) in [4.78, 5) is 14.4. The lowest BCUT2D eigenvalue weighted by molar-refractivity contribution is -0.125. The molecule has 1 atom stereocenters. The third kappa shape index (κ3) is 3.04. The quantitative estimate of drug-likeness (QED) is 0.817. The number of nitrogens with zero attached hydrogens (tertiary/aromatic N) is 1. The fourth-order valence-corrected chi connectivity index (χ4v) is 2.54. The van der Waals surface area contributed by atoms with E-state index in [1.807, 2.05) is 39.0 Å². The number of para-hydroxylation sites is 1. The van der Waals surface area contributed by atoms with Gasteiger partial charge in [0.25, 0.3) is 0 Å². The molecule has 20 heavy (non-hydrogen) atoms. The van der Waals surface area contributed by atoms with Crippen LogP contribution in [-0.4, -0.2) is 37.7 Å². The molecule has 0 aliphatic carbocycles. The molecule has 1 aliphatic rings. The van der Waals surface area contributed by atoms with Crippen LogP contribution in [0.2, 0.25) is 0 Å². The number of hydrogen-bond donors (Lipinski definition) is 2. The minimum atomic E-state index is -0.324. The van der Waals surface area contributed by atoms with Crippen LogP contribution in [0.4, 0.5) is 11.4 Å². The van der Waals surface area contributed by atoms with Gasteiger partial charge in [0.15, 0.2) is 0 Å². The molecule has 1 aromatic rings. The molecule has 0 aromatic heterocycles. The van der Waals surface area contributed by atoms with Gasteiger partial charge in [-0.15, -0.1) is 0 Å². The first-order valence-corrected chi connectivity index (χ1v) is 7.00. The maximum absolute atomic E-state index is 12.3. The normalized spacial score (nSPS) is 19.2. The van der Waals surface area contributed by atoms with Gasteiger partial charge in [-0.25, -0.2) is 0 Å². The first-order valence-electron chi connectivity index (χ1n) is 7.00. The molecular formula is C15H23N3O2. The summed E-state index contributed by atoms with van der Waals surface area (Å²) >= 11 is 0. The number of amides is 1. The number of nitrogen functional groups attached to an aromatic ring is 1. The van der Waals surface area contributed by atoms with Gasteiger partial charge < -0.3 is 20.7 Å². The molecule has 1 saturated heterocycles. The summed E-state index contributed by atoms with van der Waals surface area (Å²) in [6.45, 7) is 7.59. The maximum Gasteiger partial charge on any atom is 0.245 e. The van der Waals surface area contributed by atoms with E-state index in [2.05, 4.69) is 10.2 Å². The Morgan fingerprint density at radius 2 is 2.25 bits per heavy atom. The Bertz CT molecular complexity index is 468. The maximum atomic E-state index is 12.3. The Morgan fingerprint density at radius 3 is 2.90 bits per heavy atom. The molecule has 1 heterocycles. The van der Waals surface area contributed by atoms with E-state index in [0.29, 0.717) is 25.4 Å². The van der Waals surface area contributed by atoms with Crippen molar-refractivity contribution in [1.29, 1.82) is 0 Å². The molecular weight excluding hydrogens is 254 g/mol. The Balaban J connectivity index is 2.29. The lowest BCUT2D eigenvalue weighted by Crippen LogP contribution is -2.55. The summed E-state index contributed by atoms with van der Waals surface area (Å²) in [6, 6.07) is 5.60. The highest BCUT2D eigenvalue weighted by Crippen LogP contribution is 2.30. The van der Waals surface area contributed by atoms with Crippen molar-refractivity contribution in [3.63, 3.8) is 0 Å². The van der Waals surface area contributed by atoms with Crippen LogP contribution in [0.3, 0.4) is 0 Å². The van der Waals surface area contributed by atoms with Crippen LogP contribution in [0.1, 0.15) is 19.4 Å². The van der Waals surface area contributed by atoms with Crippen molar-refractivity contribution in [2.75, 3.05) is 30.4 Å². The van der Waals surface area contributed by atoms with E-state index in [-0.39, 0.29) is 18.0 Å². The van der Waals surface area contributed by atoms with Crippen molar-refractivity contribution < 1.29 is 9.53 Å². The van der Waals surface area contributed by atoms with Crippen LogP contribution in [0.5, 0.6) is 0 Å². The zero-order valence-corrected chi connectivity index (χ0v) is 12.3. The van der Waals surface area contributed by atoms with E-state index in [1.165, 1.54) is 0 Å². The predicted octanol–water partition coefficient (Wildman–Crippen LogP) is 1.31. The molecule has 0 saturated carbocycles. The van der Waals surface area contributed by atoms with Crippen molar-refractivity contribution in [2.24, 2.45) is 0 Å². The second-order valence-electron chi connectivity index (χ2n) is 5.46. The molecule has 1 amide bonds. The van der Waals surface area contributed by atoms with Gasteiger partial charge in [0, 0.05) is 12.6 Å². The second kappa shape index (κ2) is 6.13. The van der Waals surface area contributed by atoms with Crippen molar-refractivity contribution in [1.82, 2.24) is 5.32 Å². The van der Waals surface area contributed by atoms with Gasteiger partial charge in [-0.1, -0.05) is 12.1 Å². The number of benzene rings is 1. The first-order chi connectivity index (χ1) is 9.50. The minimum absolute atomic E-state index is 0.0117. The molecule has 1 unspecified atom stereocenters. The third-order valence-corrected chi connectivity index (χ3v) is 3.42. The number of hydrogen-bond acceptors (Lipinski definition) is 4. The van der Waals surface area contributed by atoms with Crippen LogP contribution in [0, 0.1) is 6.92 Å². The Morgan fingerprint density at radius 1 is 1.50 bits per heavy atom. The van der Waals surface area contributed by atoms with Crippen molar-refractivity contribution >= 4 is 17.3 Å². The van der Waals surface area contributed by atoms with Crippen LogP contribution in [0.25, 0.3) is 0 Å². The number of carbonyl (C=O) groups is 1. The van der Waals surface area contributed by atoms with Crippen LogP contribution in [-0.2, 0) is 9.53 Å². The highest BCUT2D eigenvalue weighted by molar-refractivity contribution is 5.88. The highest BCUT2D eigenvalue weighted by atomic mass is 16.5. The molecule has 5 heteroatoms. The zero-order chi connectivity index (χ0) is 14.7. The number of nitrogens with one attached hydrogen (secondary N) is 1. The van der Waals surface area contributed by atoms with Gasteiger partial charge in [-0.2, -0.15) is 0 Å². The molecule has 1 aliphatic heterocycles. The standard InChI is InChI=1S/C15H23N3O2/c1-10(2)17-15(19)13-9-20-8-7-18(13)14-11(3)5-4-6-12(14)16/h4-6,10,13H,7-9,16H2,1-3H3,(H,17,19). The molecule has 5 nitrogen and oxygen atoms in total.